The van der Waals surface area contributed by atoms with Gasteiger partial charge in [0.2, 0.25) is 5.91 Å². The predicted octanol–water partition coefficient (Wildman–Crippen LogP) is -1.91. The summed E-state index contributed by atoms with van der Waals surface area (Å²) in [6.07, 6.45) is 1.26. The number of rotatable bonds is 2. The van der Waals surface area contributed by atoms with Gasteiger partial charge >= 0.3 is 0 Å². The van der Waals surface area contributed by atoms with Crippen molar-refractivity contribution in [2.75, 3.05) is 32.7 Å². The molecule has 17 heavy (non-hydrogen) atoms. The van der Waals surface area contributed by atoms with E-state index in [1.165, 1.54) is 0 Å². The van der Waals surface area contributed by atoms with Crippen LogP contribution < -0.4 is 10.5 Å². The second kappa shape index (κ2) is 4.89. The standard InChI is InChI=1S/C9H18N4O3S/c10-17(15,16)13-5-1-2-8(13)9(14)12-6-3-11-4-7-12/h8,11H,1-7H2,(H2,10,15,16). The number of nitrogens with zero attached hydrogens (tertiary/aromatic N) is 2. The quantitative estimate of drug-likeness (QED) is 0.607. The Kier molecular flexibility index (Phi) is 3.67. The number of piperazine rings is 1. The Labute approximate surface area is 101 Å². The van der Waals surface area contributed by atoms with Crippen molar-refractivity contribution >= 4 is 16.1 Å². The molecule has 2 fully saturated rings. The van der Waals surface area contributed by atoms with Gasteiger partial charge in [-0.1, -0.05) is 0 Å². The lowest BCUT2D eigenvalue weighted by molar-refractivity contribution is -0.135. The molecule has 0 spiro atoms. The Morgan fingerprint density at radius 2 is 1.88 bits per heavy atom. The smallest absolute Gasteiger partial charge is 0.277 e. The zero-order valence-corrected chi connectivity index (χ0v) is 10.4. The van der Waals surface area contributed by atoms with Gasteiger partial charge in [-0.2, -0.15) is 12.7 Å². The minimum absolute atomic E-state index is 0.113. The molecule has 2 rings (SSSR count). The van der Waals surface area contributed by atoms with Gasteiger partial charge in [0, 0.05) is 32.7 Å². The topological polar surface area (TPSA) is 95.7 Å². The molecule has 8 heteroatoms. The van der Waals surface area contributed by atoms with E-state index in [4.69, 9.17) is 5.14 Å². The fraction of sp³-hybridized carbons (Fsp3) is 0.889. The largest absolute Gasteiger partial charge is 0.339 e. The van der Waals surface area contributed by atoms with Crippen molar-refractivity contribution in [3.05, 3.63) is 0 Å². The summed E-state index contributed by atoms with van der Waals surface area (Å²) in [5.74, 6) is -0.113. The predicted molar refractivity (Wildman–Crippen MR) is 62.3 cm³/mol. The van der Waals surface area contributed by atoms with Gasteiger partial charge < -0.3 is 10.2 Å². The highest BCUT2D eigenvalue weighted by Gasteiger charge is 2.39. The monoisotopic (exact) mass is 262 g/mol. The zero-order chi connectivity index (χ0) is 12.5. The number of nitrogens with one attached hydrogen (secondary N) is 1. The van der Waals surface area contributed by atoms with Crippen LogP contribution in [0.3, 0.4) is 0 Å². The summed E-state index contributed by atoms with van der Waals surface area (Å²) in [7, 11) is -3.77. The molecule has 0 radical (unpaired) electrons. The Morgan fingerprint density at radius 3 is 2.47 bits per heavy atom. The van der Waals surface area contributed by atoms with Crippen LogP contribution in [0, 0.1) is 0 Å². The number of carbonyl (C=O) groups is 1. The van der Waals surface area contributed by atoms with Crippen LogP contribution in [0.1, 0.15) is 12.8 Å². The molecule has 2 aliphatic heterocycles. The SMILES string of the molecule is NS(=O)(=O)N1CCCC1C(=O)N1CCNCC1. The number of hydrogen-bond acceptors (Lipinski definition) is 4. The van der Waals surface area contributed by atoms with Gasteiger partial charge in [0.1, 0.15) is 6.04 Å². The van der Waals surface area contributed by atoms with Crippen molar-refractivity contribution in [2.24, 2.45) is 5.14 Å². The van der Waals surface area contributed by atoms with Crippen LogP contribution in [0.15, 0.2) is 0 Å². The van der Waals surface area contributed by atoms with Crippen LogP contribution in [0.4, 0.5) is 0 Å². The van der Waals surface area contributed by atoms with Crippen molar-refractivity contribution in [1.82, 2.24) is 14.5 Å². The molecular formula is C9H18N4O3S. The molecule has 2 saturated heterocycles. The van der Waals surface area contributed by atoms with E-state index in [1.807, 2.05) is 0 Å². The molecule has 0 aromatic heterocycles. The lowest BCUT2D eigenvalue weighted by Gasteiger charge is -2.31. The minimum atomic E-state index is -3.77. The first-order valence-electron chi connectivity index (χ1n) is 5.79. The minimum Gasteiger partial charge on any atom is -0.339 e. The third-order valence-electron chi connectivity index (χ3n) is 3.24. The van der Waals surface area contributed by atoms with Gasteiger partial charge in [-0.05, 0) is 12.8 Å². The van der Waals surface area contributed by atoms with Crippen LogP contribution in [0.25, 0.3) is 0 Å². The first-order chi connectivity index (χ1) is 8.00. The highest BCUT2D eigenvalue weighted by atomic mass is 32.2. The van der Waals surface area contributed by atoms with Crippen LogP contribution in [0.2, 0.25) is 0 Å². The maximum absolute atomic E-state index is 12.2. The molecule has 2 heterocycles. The summed E-state index contributed by atoms with van der Waals surface area (Å²) in [4.78, 5) is 13.9. The Morgan fingerprint density at radius 1 is 1.24 bits per heavy atom. The summed E-state index contributed by atoms with van der Waals surface area (Å²) in [5.41, 5.74) is 0. The molecule has 0 aromatic carbocycles. The zero-order valence-electron chi connectivity index (χ0n) is 9.63. The van der Waals surface area contributed by atoms with Crippen molar-refractivity contribution in [3.63, 3.8) is 0 Å². The van der Waals surface area contributed by atoms with E-state index in [9.17, 15) is 13.2 Å². The molecule has 1 amide bonds. The van der Waals surface area contributed by atoms with E-state index < -0.39 is 16.3 Å². The molecule has 0 aliphatic carbocycles. The Hall–Kier alpha value is -0.700. The molecule has 1 atom stereocenters. The first-order valence-corrected chi connectivity index (χ1v) is 7.29. The van der Waals surface area contributed by atoms with E-state index in [0.29, 0.717) is 32.5 Å². The average molecular weight is 262 g/mol. The number of hydrogen-bond donors (Lipinski definition) is 2. The molecule has 1 unspecified atom stereocenters. The summed E-state index contributed by atoms with van der Waals surface area (Å²) in [6, 6.07) is -0.594. The van der Waals surface area contributed by atoms with E-state index in [2.05, 4.69) is 5.32 Å². The van der Waals surface area contributed by atoms with Gasteiger partial charge in [0.05, 0.1) is 0 Å². The van der Waals surface area contributed by atoms with Crippen LogP contribution in [-0.4, -0.2) is 62.3 Å². The van der Waals surface area contributed by atoms with Crippen molar-refractivity contribution < 1.29 is 13.2 Å². The van der Waals surface area contributed by atoms with E-state index in [0.717, 1.165) is 17.4 Å². The summed E-state index contributed by atoms with van der Waals surface area (Å²) >= 11 is 0. The fourth-order valence-electron chi connectivity index (χ4n) is 2.39. The highest BCUT2D eigenvalue weighted by Crippen LogP contribution is 2.21. The molecule has 98 valence electrons. The third-order valence-corrected chi connectivity index (χ3v) is 4.34. The number of carbonyl (C=O) groups excluding carboxylic acids is 1. The summed E-state index contributed by atoms with van der Waals surface area (Å²) in [6.45, 7) is 3.13. The maximum atomic E-state index is 12.2. The van der Waals surface area contributed by atoms with Crippen LogP contribution in [0.5, 0.6) is 0 Å². The molecule has 0 aromatic rings. The third kappa shape index (κ3) is 2.76. The Balaban J connectivity index is 2.07. The van der Waals surface area contributed by atoms with Gasteiger partial charge in [-0.25, -0.2) is 5.14 Å². The summed E-state index contributed by atoms with van der Waals surface area (Å²) in [5, 5.41) is 8.26. The lowest BCUT2D eigenvalue weighted by Crippen LogP contribution is -2.54. The van der Waals surface area contributed by atoms with Crippen molar-refractivity contribution in [2.45, 2.75) is 18.9 Å². The maximum Gasteiger partial charge on any atom is 0.277 e. The van der Waals surface area contributed by atoms with E-state index >= 15 is 0 Å². The van der Waals surface area contributed by atoms with Crippen LogP contribution in [-0.2, 0) is 15.0 Å². The van der Waals surface area contributed by atoms with Gasteiger partial charge in [0.15, 0.2) is 0 Å². The second-order valence-electron chi connectivity index (χ2n) is 4.39. The van der Waals surface area contributed by atoms with Crippen molar-refractivity contribution in [1.29, 1.82) is 0 Å². The van der Waals surface area contributed by atoms with E-state index in [-0.39, 0.29) is 5.91 Å². The number of nitrogens with two attached hydrogens (primary N) is 1. The summed E-state index contributed by atoms with van der Waals surface area (Å²) < 4.78 is 23.8. The second-order valence-corrected chi connectivity index (χ2v) is 5.89. The van der Waals surface area contributed by atoms with Gasteiger partial charge in [-0.15, -0.1) is 0 Å². The molecule has 0 bridgehead atoms. The van der Waals surface area contributed by atoms with Gasteiger partial charge in [-0.3, -0.25) is 4.79 Å². The molecule has 3 N–H and O–H groups in total. The average Bonchev–Trinajstić information content (AvgIpc) is 2.78. The normalized spacial score (nSPS) is 27.4. The van der Waals surface area contributed by atoms with Gasteiger partial charge in [0.25, 0.3) is 10.2 Å². The molecular weight excluding hydrogens is 244 g/mol. The first kappa shape index (κ1) is 12.7. The van der Waals surface area contributed by atoms with E-state index in [1.54, 1.807) is 4.90 Å². The lowest BCUT2D eigenvalue weighted by atomic mass is 10.2. The Bertz CT molecular complexity index is 391. The highest BCUT2D eigenvalue weighted by molar-refractivity contribution is 7.86. The molecule has 7 nitrogen and oxygen atoms in total. The fourth-order valence-corrected chi connectivity index (χ4v) is 3.32. The number of amides is 1. The molecule has 2 aliphatic rings. The van der Waals surface area contributed by atoms with Crippen molar-refractivity contribution in [3.8, 4) is 0 Å². The molecule has 0 saturated carbocycles. The van der Waals surface area contributed by atoms with Crippen LogP contribution >= 0.6 is 0 Å².